The third-order valence-corrected chi connectivity index (χ3v) is 5.39. The van der Waals surface area contributed by atoms with Crippen molar-refractivity contribution in [2.45, 2.75) is 40.2 Å². The Morgan fingerprint density at radius 2 is 2.04 bits per heavy atom. The topological polar surface area (TPSA) is 51.0 Å². The van der Waals surface area contributed by atoms with Crippen LogP contribution < -0.4 is 0 Å². The Morgan fingerprint density at radius 1 is 1.25 bits per heavy atom. The molecule has 6 heteroatoms. The van der Waals surface area contributed by atoms with Crippen molar-refractivity contribution >= 4 is 16.8 Å². The zero-order chi connectivity index (χ0) is 20.1. The van der Waals surface area contributed by atoms with Crippen molar-refractivity contribution in [3.05, 3.63) is 48.0 Å². The highest BCUT2D eigenvalue weighted by Crippen LogP contribution is 2.32. The van der Waals surface area contributed by atoms with Crippen LogP contribution in [0.25, 0.3) is 22.2 Å². The zero-order valence-electron chi connectivity index (χ0n) is 16.7. The van der Waals surface area contributed by atoms with Crippen molar-refractivity contribution in [3.63, 3.8) is 0 Å². The number of carbonyl (C=O) groups is 1. The normalized spacial score (nSPS) is 16.3. The molecule has 3 aromatic rings. The van der Waals surface area contributed by atoms with E-state index in [-0.39, 0.29) is 23.2 Å². The van der Waals surface area contributed by atoms with Gasteiger partial charge in [0.25, 0.3) is 5.91 Å². The lowest BCUT2D eigenvalue weighted by Crippen LogP contribution is -2.30. The molecule has 0 atom stereocenters. The second-order valence-corrected chi connectivity index (χ2v) is 8.66. The Balaban J connectivity index is 1.83. The number of carbonyl (C=O) groups excluding carboxylic acids is 1. The van der Waals surface area contributed by atoms with Gasteiger partial charge in [-0.15, -0.1) is 0 Å². The van der Waals surface area contributed by atoms with Crippen molar-refractivity contribution in [2.24, 2.45) is 5.41 Å². The van der Waals surface area contributed by atoms with Gasteiger partial charge in [0.1, 0.15) is 5.82 Å². The first-order chi connectivity index (χ1) is 13.2. The van der Waals surface area contributed by atoms with Crippen LogP contribution in [0, 0.1) is 11.2 Å². The smallest absolute Gasteiger partial charge is 0.254 e. The fraction of sp³-hybridized carbons (Fsp3) is 0.409. The fourth-order valence-corrected chi connectivity index (χ4v) is 3.74. The lowest BCUT2D eigenvalue weighted by atomic mass is 9.93. The molecule has 1 aliphatic heterocycles. The largest absolute Gasteiger partial charge is 0.338 e. The molecule has 3 heterocycles. The number of fused-ring (bicyclic) bond motifs is 1. The molecule has 0 radical (unpaired) electrons. The summed E-state index contributed by atoms with van der Waals surface area (Å²) >= 11 is 0. The molecule has 2 aromatic heterocycles. The third-order valence-electron chi connectivity index (χ3n) is 5.39. The zero-order valence-corrected chi connectivity index (χ0v) is 16.7. The number of pyridine rings is 1. The van der Waals surface area contributed by atoms with E-state index in [1.165, 1.54) is 12.1 Å². The molecule has 146 valence electrons. The summed E-state index contributed by atoms with van der Waals surface area (Å²) in [6.45, 7) is 9.89. The number of hydrogen-bond donors (Lipinski definition) is 0. The fourth-order valence-electron chi connectivity index (χ4n) is 3.74. The van der Waals surface area contributed by atoms with E-state index in [4.69, 9.17) is 0 Å². The maximum atomic E-state index is 13.9. The Morgan fingerprint density at radius 3 is 2.68 bits per heavy atom. The van der Waals surface area contributed by atoms with Crippen LogP contribution in [0.5, 0.6) is 0 Å². The third kappa shape index (κ3) is 3.39. The number of amides is 1. The lowest BCUT2D eigenvalue weighted by Gasteiger charge is -2.21. The maximum absolute atomic E-state index is 13.9. The van der Waals surface area contributed by atoms with E-state index >= 15 is 0 Å². The van der Waals surface area contributed by atoms with Gasteiger partial charge in [-0.25, -0.2) is 9.37 Å². The molecule has 0 unspecified atom stereocenters. The van der Waals surface area contributed by atoms with Gasteiger partial charge in [-0.3, -0.25) is 9.48 Å². The minimum atomic E-state index is -0.365. The molecule has 1 saturated heterocycles. The SMILES string of the molecule is CC(C)n1cc(-c2cc(C(=O)N3CCC(C)(C)C3)c3ccc(F)cc3n2)cn1. The molecule has 1 aliphatic rings. The second-order valence-electron chi connectivity index (χ2n) is 8.66. The molecule has 0 saturated carbocycles. The molecule has 5 nitrogen and oxygen atoms in total. The van der Waals surface area contributed by atoms with Crippen LogP contribution in [0.4, 0.5) is 4.39 Å². The van der Waals surface area contributed by atoms with Crippen molar-refractivity contribution in [1.29, 1.82) is 0 Å². The molecular formula is C22H25FN4O. The average molecular weight is 380 g/mol. The lowest BCUT2D eigenvalue weighted by molar-refractivity contribution is 0.0780. The van der Waals surface area contributed by atoms with Crippen molar-refractivity contribution in [1.82, 2.24) is 19.7 Å². The highest BCUT2D eigenvalue weighted by Gasteiger charge is 2.33. The van der Waals surface area contributed by atoms with E-state index in [9.17, 15) is 9.18 Å². The molecule has 0 aliphatic carbocycles. The standard InChI is InChI=1S/C22H25FN4O/c1-14(2)27-12-15(11-24-27)19-10-18(17-6-5-16(23)9-20(17)25-19)21(28)26-8-7-22(3,4)13-26/h5-6,9-12,14H,7-8,13H2,1-4H3. The Kier molecular flexibility index (Phi) is 4.44. The van der Waals surface area contributed by atoms with Crippen molar-refractivity contribution in [3.8, 4) is 11.3 Å². The van der Waals surface area contributed by atoms with Crippen molar-refractivity contribution < 1.29 is 9.18 Å². The first-order valence-corrected chi connectivity index (χ1v) is 9.68. The molecule has 0 spiro atoms. The van der Waals surface area contributed by atoms with Crippen molar-refractivity contribution in [2.75, 3.05) is 13.1 Å². The molecule has 28 heavy (non-hydrogen) atoms. The Hall–Kier alpha value is -2.76. The first kappa shape index (κ1) is 18.6. The van der Waals surface area contributed by atoms with E-state index in [1.54, 1.807) is 12.3 Å². The van der Waals surface area contributed by atoms with E-state index in [0.29, 0.717) is 22.2 Å². The minimum absolute atomic E-state index is 0.0258. The summed E-state index contributed by atoms with van der Waals surface area (Å²) in [5.41, 5.74) is 2.61. The minimum Gasteiger partial charge on any atom is -0.338 e. The van der Waals surface area contributed by atoms with Crippen LogP contribution in [0.1, 0.15) is 50.5 Å². The summed E-state index contributed by atoms with van der Waals surface area (Å²) in [5.74, 6) is -0.391. The summed E-state index contributed by atoms with van der Waals surface area (Å²) in [6, 6.07) is 6.45. The summed E-state index contributed by atoms with van der Waals surface area (Å²) in [4.78, 5) is 19.8. The molecule has 4 rings (SSSR count). The quantitative estimate of drug-likeness (QED) is 0.662. The van der Waals surface area contributed by atoms with Gasteiger partial charge in [-0.1, -0.05) is 13.8 Å². The Bertz CT molecular complexity index is 1050. The van der Waals surface area contributed by atoms with Gasteiger partial charge in [0, 0.05) is 42.3 Å². The van der Waals surface area contributed by atoms with Gasteiger partial charge >= 0.3 is 0 Å². The van der Waals surface area contributed by atoms with Crippen LogP contribution in [-0.2, 0) is 0 Å². The summed E-state index contributed by atoms with van der Waals surface area (Å²) in [5, 5.41) is 5.04. The number of nitrogens with zero attached hydrogens (tertiary/aromatic N) is 4. The van der Waals surface area contributed by atoms with E-state index in [0.717, 1.165) is 25.1 Å². The molecule has 0 bridgehead atoms. The van der Waals surface area contributed by atoms with Gasteiger partial charge in [-0.2, -0.15) is 5.10 Å². The molecule has 1 amide bonds. The average Bonchev–Trinajstić information content (AvgIpc) is 3.26. The number of likely N-dealkylation sites (tertiary alicyclic amines) is 1. The second kappa shape index (κ2) is 6.69. The molecule has 0 N–H and O–H groups in total. The van der Waals surface area contributed by atoms with Gasteiger partial charge in [0.05, 0.1) is 23.0 Å². The van der Waals surface area contributed by atoms with Gasteiger partial charge in [-0.05, 0) is 43.9 Å². The predicted octanol–water partition coefficient (Wildman–Crippen LogP) is 4.69. The number of aromatic nitrogens is 3. The molecule has 1 fully saturated rings. The highest BCUT2D eigenvalue weighted by atomic mass is 19.1. The Labute approximate surface area is 164 Å². The highest BCUT2D eigenvalue weighted by molar-refractivity contribution is 6.07. The van der Waals surface area contributed by atoms with Crippen LogP contribution in [-0.4, -0.2) is 38.7 Å². The summed E-state index contributed by atoms with van der Waals surface area (Å²) < 4.78 is 15.7. The predicted molar refractivity (Wildman–Crippen MR) is 108 cm³/mol. The van der Waals surface area contributed by atoms with E-state index in [2.05, 4.69) is 23.9 Å². The molecule has 1 aromatic carbocycles. The van der Waals surface area contributed by atoms with Crippen LogP contribution in [0.15, 0.2) is 36.7 Å². The number of rotatable bonds is 3. The van der Waals surface area contributed by atoms with E-state index < -0.39 is 0 Å². The van der Waals surface area contributed by atoms with Gasteiger partial charge < -0.3 is 4.90 Å². The van der Waals surface area contributed by atoms with Crippen LogP contribution in [0.2, 0.25) is 0 Å². The van der Waals surface area contributed by atoms with Crippen LogP contribution >= 0.6 is 0 Å². The maximum Gasteiger partial charge on any atom is 0.254 e. The number of hydrogen-bond acceptors (Lipinski definition) is 3. The van der Waals surface area contributed by atoms with Gasteiger partial charge in [0.2, 0.25) is 0 Å². The number of halogens is 1. The summed E-state index contributed by atoms with van der Waals surface area (Å²) in [6.07, 6.45) is 4.62. The number of benzene rings is 1. The van der Waals surface area contributed by atoms with E-state index in [1.807, 2.05) is 35.7 Å². The van der Waals surface area contributed by atoms with Crippen LogP contribution in [0.3, 0.4) is 0 Å². The monoisotopic (exact) mass is 380 g/mol. The van der Waals surface area contributed by atoms with Gasteiger partial charge in [0.15, 0.2) is 0 Å². The summed E-state index contributed by atoms with van der Waals surface area (Å²) in [7, 11) is 0. The first-order valence-electron chi connectivity index (χ1n) is 9.68. The molecular weight excluding hydrogens is 355 g/mol.